The lowest BCUT2D eigenvalue weighted by molar-refractivity contribution is 0.366. The van der Waals surface area contributed by atoms with Crippen molar-refractivity contribution < 1.29 is 9.47 Å². The molecular weight excluding hydrogens is 354 g/mol. The standard InChI is InChI=1S/C21H29N5O2/c1-4-22-21(24-16-17-8-7-11-23-20(17)28-3)26-14-12-25(13-15-26)18-9-5-6-10-19(18)27-2/h5-11H,4,12-16H2,1-3H3,(H,22,24). The Kier molecular flexibility index (Phi) is 6.94. The molecule has 1 aromatic heterocycles. The first kappa shape index (κ1) is 19.8. The van der Waals surface area contributed by atoms with Gasteiger partial charge in [-0.2, -0.15) is 0 Å². The van der Waals surface area contributed by atoms with Gasteiger partial charge >= 0.3 is 0 Å². The predicted octanol–water partition coefficient (Wildman–Crippen LogP) is 2.39. The largest absolute Gasteiger partial charge is 0.495 e. The maximum atomic E-state index is 5.51. The summed E-state index contributed by atoms with van der Waals surface area (Å²) in [4.78, 5) is 13.7. The molecule has 7 heteroatoms. The van der Waals surface area contributed by atoms with Gasteiger partial charge in [0, 0.05) is 44.5 Å². The molecule has 1 N–H and O–H groups in total. The zero-order chi connectivity index (χ0) is 19.8. The minimum Gasteiger partial charge on any atom is -0.495 e. The Bertz CT molecular complexity index is 788. The van der Waals surface area contributed by atoms with E-state index < -0.39 is 0 Å². The first-order chi connectivity index (χ1) is 13.8. The van der Waals surface area contributed by atoms with Crippen LogP contribution in [0, 0.1) is 0 Å². The maximum Gasteiger partial charge on any atom is 0.218 e. The summed E-state index contributed by atoms with van der Waals surface area (Å²) in [6.07, 6.45) is 1.73. The Labute approximate surface area is 167 Å². The van der Waals surface area contributed by atoms with Crippen LogP contribution in [-0.4, -0.2) is 62.8 Å². The minimum absolute atomic E-state index is 0.534. The number of ether oxygens (including phenoxy) is 2. The van der Waals surface area contributed by atoms with Crippen molar-refractivity contribution in [2.75, 3.05) is 51.8 Å². The SMILES string of the molecule is CCNC(=NCc1cccnc1OC)N1CCN(c2ccccc2OC)CC1. The number of aliphatic imine (C=N–C) groups is 1. The predicted molar refractivity (Wildman–Crippen MR) is 112 cm³/mol. The second-order valence-electron chi connectivity index (χ2n) is 6.49. The summed E-state index contributed by atoms with van der Waals surface area (Å²) in [6, 6.07) is 12.1. The van der Waals surface area contributed by atoms with Crippen LogP contribution in [0.1, 0.15) is 12.5 Å². The average Bonchev–Trinajstić information content (AvgIpc) is 2.77. The summed E-state index contributed by atoms with van der Waals surface area (Å²) < 4.78 is 10.8. The first-order valence-electron chi connectivity index (χ1n) is 9.66. The number of anilines is 1. The lowest BCUT2D eigenvalue weighted by Gasteiger charge is -2.38. The van der Waals surface area contributed by atoms with Crippen molar-refractivity contribution in [1.82, 2.24) is 15.2 Å². The molecule has 2 aromatic rings. The van der Waals surface area contributed by atoms with Crippen molar-refractivity contribution in [2.45, 2.75) is 13.5 Å². The number of benzene rings is 1. The number of pyridine rings is 1. The molecular formula is C21H29N5O2. The summed E-state index contributed by atoms with van der Waals surface area (Å²) in [5.41, 5.74) is 2.12. The van der Waals surface area contributed by atoms with Crippen molar-refractivity contribution in [3.8, 4) is 11.6 Å². The fraction of sp³-hybridized carbons (Fsp3) is 0.429. The van der Waals surface area contributed by atoms with Crippen molar-refractivity contribution in [3.63, 3.8) is 0 Å². The van der Waals surface area contributed by atoms with E-state index in [-0.39, 0.29) is 0 Å². The number of guanidine groups is 1. The lowest BCUT2D eigenvalue weighted by atomic mass is 10.2. The van der Waals surface area contributed by atoms with Crippen LogP contribution in [0.2, 0.25) is 0 Å². The average molecular weight is 383 g/mol. The van der Waals surface area contributed by atoms with E-state index >= 15 is 0 Å². The number of hydrogen-bond acceptors (Lipinski definition) is 5. The van der Waals surface area contributed by atoms with E-state index in [9.17, 15) is 0 Å². The molecule has 0 atom stereocenters. The Morgan fingerprint density at radius 2 is 1.86 bits per heavy atom. The summed E-state index contributed by atoms with van der Waals surface area (Å²) in [7, 11) is 3.36. The van der Waals surface area contributed by atoms with Gasteiger partial charge in [-0.3, -0.25) is 0 Å². The van der Waals surface area contributed by atoms with Gasteiger partial charge < -0.3 is 24.6 Å². The van der Waals surface area contributed by atoms with Gasteiger partial charge in [0.25, 0.3) is 0 Å². The molecule has 0 amide bonds. The Hall–Kier alpha value is -2.96. The monoisotopic (exact) mass is 383 g/mol. The fourth-order valence-corrected chi connectivity index (χ4v) is 3.36. The van der Waals surface area contributed by atoms with Gasteiger partial charge in [0.15, 0.2) is 5.96 Å². The Morgan fingerprint density at radius 1 is 1.07 bits per heavy atom. The van der Waals surface area contributed by atoms with Crippen molar-refractivity contribution in [2.24, 2.45) is 4.99 Å². The van der Waals surface area contributed by atoms with Gasteiger partial charge in [-0.1, -0.05) is 18.2 Å². The van der Waals surface area contributed by atoms with E-state index in [1.54, 1.807) is 20.4 Å². The summed E-state index contributed by atoms with van der Waals surface area (Å²) in [6.45, 7) is 7.08. The number of rotatable bonds is 6. The van der Waals surface area contributed by atoms with E-state index in [1.165, 1.54) is 0 Å². The Balaban J connectivity index is 1.67. The Morgan fingerprint density at radius 3 is 2.57 bits per heavy atom. The second kappa shape index (κ2) is 9.82. The normalized spacial score (nSPS) is 14.8. The van der Waals surface area contributed by atoms with E-state index in [0.29, 0.717) is 12.4 Å². The lowest BCUT2D eigenvalue weighted by Crippen LogP contribution is -2.52. The minimum atomic E-state index is 0.534. The van der Waals surface area contributed by atoms with E-state index in [1.807, 2.05) is 24.3 Å². The molecule has 1 fully saturated rings. The van der Waals surface area contributed by atoms with E-state index in [2.05, 4.69) is 39.2 Å². The summed E-state index contributed by atoms with van der Waals surface area (Å²) in [5, 5.41) is 3.41. The third-order valence-electron chi connectivity index (χ3n) is 4.78. The molecule has 0 aliphatic carbocycles. The molecule has 1 aliphatic rings. The van der Waals surface area contributed by atoms with Gasteiger partial charge in [-0.15, -0.1) is 0 Å². The molecule has 0 bridgehead atoms. The van der Waals surface area contributed by atoms with Gasteiger partial charge in [0.2, 0.25) is 5.88 Å². The van der Waals surface area contributed by atoms with Gasteiger partial charge in [0.05, 0.1) is 26.5 Å². The molecule has 28 heavy (non-hydrogen) atoms. The molecule has 1 aromatic carbocycles. The third-order valence-corrected chi connectivity index (χ3v) is 4.78. The van der Waals surface area contributed by atoms with Gasteiger partial charge in [0.1, 0.15) is 5.75 Å². The molecule has 0 spiro atoms. The van der Waals surface area contributed by atoms with Crippen LogP contribution in [0.4, 0.5) is 5.69 Å². The highest BCUT2D eigenvalue weighted by Gasteiger charge is 2.21. The van der Waals surface area contributed by atoms with Crippen LogP contribution in [0.5, 0.6) is 11.6 Å². The number of methoxy groups -OCH3 is 2. The first-order valence-corrected chi connectivity index (χ1v) is 9.66. The summed E-state index contributed by atoms with van der Waals surface area (Å²) >= 11 is 0. The van der Waals surface area contributed by atoms with E-state index in [4.69, 9.17) is 14.5 Å². The molecule has 150 valence electrons. The van der Waals surface area contributed by atoms with Crippen molar-refractivity contribution in [1.29, 1.82) is 0 Å². The third kappa shape index (κ3) is 4.65. The quantitative estimate of drug-likeness (QED) is 0.610. The van der Waals surface area contributed by atoms with Crippen molar-refractivity contribution in [3.05, 3.63) is 48.2 Å². The number of nitrogens with one attached hydrogen (secondary N) is 1. The number of piperazine rings is 1. The van der Waals surface area contributed by atoms with Crippen LogP contribution < -0.4 is 19.7 Å². The van der Waals surface area contributed by atoms with Crippen LogP contribution in [-0.2, 0) is 6.54 Å². The number of para-hydroxylation sites is 2. The summed E-state index contributed by atoms with van der Waals surface area (Å²) in [5.74, 6) is 2.47. The molecule has 0 saturated carbocycles. The number of aromatic nitrogens is 1. The van der Waals surface area contributed by atoms with Crippen LogP contribution in [0.25, 0.3) is 0 Å². The zero-order valence-corrected chi connectivity index (χ0v) is 16.9. The highest BCUT2D eigenvalue weighted by molar-refractivity contribution is 5.80. The molecule has 1 aliphatic heterocycles. The van der Waals surface area contributed by atoms with Crippen LogP contribution in [0.3, 0.4) is 0 Å². The second-order valence-corrected chi connectivity index (χ2v) is 6.49. The molecule has 0 unspecified atom stereocenters. The van der Waals surface area contributed by atoms with Crippen LogP contribution >= 0.6 is 0 Å². The molecule has 1 saturated heterocycles. The van der Waals surface area contributed by atoms with Gasteiger partial charge in [-0.05, 0) is 25.1 Å². The highest BCUT2D eigenvalue weighted by atomic mass is 16.5. The molecule has 3 rings (SSSR count). The van der Waals surface area contributed by atoms with Gasteiger partial charge in [-0.25, -0.2) is 9.98 Å². The molecule has 0 radical (unpaired) electrons. The fourth-order valence-electron chi connectivity index (χ4n) is 3.36. The van der Waals surface area contributed by atoms with E-state index in [0.717, 1.165) is 55.7 Å². The number of hydrogen-bond donors (Lipinski definition) is 1. The number of nitrogens with zero attached hydrogens (tertiary/aromatic N) is 4. The van der Waals surface area contributed by atoms with Crippen LogP contribution in [0.15, 0.2) is 47.6 Å². The maximum absolute atomic E-state index is 5.51. The zero-order valence-electron chi connectivity index (χ0n) is 16.9. The molecule has 7 nitrogen and oxygen atoms in total. The topological polar surface area (TPSA) is 62.2 Å². The molecule has 2 heterocycles. The smallest absolute Gasteiger partial charge is 0.218 e. The highest BCUT2D eigenvalue weighted by Crippen LogP contribution is 2.28. The van der Waals surface area contributed by atoms with Crippen molar-refractivity contribution >= 4 is 11.6 Å².